The summed E-state index contributed by atoms with van der Waals surface area (Å²) >= 11 is 0. The summed E-state index contributed by atoms with van der Waals surface area (Å²) in [6, 6.07) is 16.1. The van der Waals surface area contributed by atoms with Crippen molar-refractivity contribution in [2.24, 2.45) is 7.05 Å². The van der Waals surface area contributed by atoms with Gasteiger partial charge in [0.25, 0.3) is 5.91 Å². The molecular weight excluding hydrogens is 385 g/mol. The molecule has 0 bridgehead atoms. The number of furan rings is 1. The van der Waals surface area contributed by atoms with Crippen LogP contribution in [0.5, 0.6) is 5.75 Å². The summed E-state index contributed by atoms with van der Waals surface area (Å²) in [4.78, 5) is 17.4. The van der Waals surface area contributed by atoms with E-state index in [0.29, 0.717) is 22.9 Å². The average Bonchev–Trinajstić information content (AvgIpc) is 3.42. The fourth-order valence-corrected chi connectivity index (χ4v) is 3.27. The molecule has 1 unspecified atom stereocenters. The van der Waals surface area contributed by atoms with Crippen molar-refractivity contribution in [1.82, 2.24) is 14.9 Å². The number of hydrogen-bond acceptors (Lipinski definition) is 4. The predicted octanol–water partition coefficient (Wildman–Crippen LogP) is 4.35. The zero-order chi connectivity index (χ0) is 21.1. The van der Waals surface area contributed by atoms with Crippen LogP contribution < -0.4 is 10.1 Å². The highest BCUT2D eigenvalue weighted by Gasteiger charge is 2.25. The number of hydrogen-bond donors (Lipinski definition) is 1. The van der Waals surface area contributed by atoms with E-state index in [1.54, 1.807) is 37.6 Å². The number of imidazole rings is 1. The largest absolute Gasteiger partial charge is 0.496 e. The van der Waals surface area contributed by atoms with Crippen molar-refractivity contribution in [3.63, 3.8) is 0 Å². The molecule has 152 valence electrons. The van der Waals surface area contributed by atoms with Gasteiger partial charge in [-0.3, -0.25) is 4.79 Å². The van der Waals surface area contributed by atoms with E-state index in [2.05, 4.69) is 10.3 Å². The van der Waals surface area contributed by atoms with E-state index in [1.165, 1.54) is 12.1 Å². The van der Waals surface area contributed by atoms with Crippen LogP contribution in [-0.2, 0) is 7.05 Å². The van der Waals surface area contributed by atoms with Gasteiger partial charge in [-0.1, -0.05) is 18.2 Å². The van der Waals surface area contributed by atoms with E-state index in [1.807, 2.05) is 42.1 Å². The Hall–Kier alpha value is -3.87. The van der Waals surface area contributed by atoms with Gasteiger partial charge in [0.2, 0.25) is 0 Å². The third-order valence-corrected chi connectivity index (χ3v) is 4.80. The Bertz CT molecular complexity index is 1160. The lowest BCUT2D eigenvalue weighted by atomic mass is 10.0. The van der Waals surface area contributed by atoms with E-state index in [9.17, 15) is 9.18 Å². The molecule has 4 aromatic rings. The maximum atomic E-state index is 13.2. The predicted molar refractivity (Wildman–Crippen MR) is 110 cm³/mol. The van der Waals surface area contributed by atoms with Gasteiger partial charge < -0.3 is 19.0 Å². The van der Waals surface area contributed by atoms with Gasteiger partial charge in [0, 0.05) is 30.6 Å². The van der Waals surface area contributed by atoms with Crippen molar-refractivity contribution in [3.05, 3.63) is 96.0 Å². The second-order valence-corrected chi connectivity index (χ2v) is 6.72. The van der Waals surface area contributed by atoms with Gasteiger partial charge in [0.05, 0.1) is 7.11 Å². The molecule has 2 aromatic carbocycles. The van der Waals surface area contributed by atoms with Crippen LogP contribution in [-0.4, -0.2) is 22.6 Å². The minimum Gasteiger partial charge on any atom is -0.496 e. The Morgan fingerprint density at radius 1 is 1.13 bits per heavy atom. The zero-order valence-electron chi connectivity index (χ0n) is 16.5. The minimum atomic E-state index is -0.548. The molecule has 0 saturated carbocycles. The molecule has 6 nitrogen and oxygen atoms in total. The molecule has 1 N–H and O–H groups in total. The molecule has 0 spiro atoms. The van der Waals surface area contributed by atoms with Crippen LogP contribution >= 0.6 is 0 Å². The molecule has 0 aliphatic rings. The van der Waals surface area contributed by atoms with Crippen LogP contribution in [0.15, 0.2) is 77.5 Å². The second kappa shape index (κ2) is 8.24. The van der Waals surface area contributed by atoms with Crippen LogP contribution in [0, 0.1) is 5.82 Å². The highest BCUT2D eigenvalue weighted by atomic mass is 19.1. The summed E-state index contributed by atoms with van der Waals surface area (Å²) < 4.78 is 26.2. The molecule has 1 amide bonds. The number of para-hydroxylation sites is 1. The Balaban J connectivity index is 1.64. The van der Waals surface area contributed by atoms with Crippen molar-refractivity contribution in [3.8, 4) is 17.1 Å². The molecule has 0 saturated heterocycles. The normalized spacial score (nSPS) is 11.8. The quantitative estimate of drug-likeness (QED) is 0.518. The number of nitrogens with one attached hydrogen (secondary N) is 1. The molecule has 0 aliphatic heterocycles. The highest BCUT2D eigenvalue weighted by molar-refractivity contribution is 5.92. The molecule has 2 aromatic heterocycles. The number of nitrogens with zero attached hydrogens (tertiary/aromatic N) is 2. The van der Waals surface area contributed by atoms with Gasteiger partial charge in [-0.25, -0.2) is 9.37 Å². The van der Waals surface area contributed by atoms with Crippen molar-refractivity contribution < 1.29 is 18.3 Å². The molecule has 0 aliphatic carbocycles. The summed E-state index contributed by atoms with van der Waals surface area (Å²) in [5.41, 5.74) is 1.45. The Morgan fingerprint density at radius 3 is 2.60 bits per heavy atom. The molecule has 7 heteroatoms. The van der Waals surface area contributed by atoms with E-state index in [0.717, 1.165) is 5.56 Å². The number of methoxy groups -OCH3 is 1. The first-order chi connectivity index (χ1) is 14.6. The van der Waals surface area contributed by atoms with Crippen LogP contribution in [0.25, 0.3) is 11.3 Å². The summed E-state index contributed by atoms with van der Waals surface area (Å²) in [5.74, 6) is 1.17. The third-order valence-electron chi connectivity index (χ3n) is 4.80. The van der Waals surface area contributed by atoms with Crippen molar-refractivity contribution in [1.29, 1.82) is 0 Å². The molecule has 2 heterocycles. The number of benzene rings is 2. The summed E-state index contributed by atoms with van der Waals surface area (Å²) in [6.07, 6.45) is 3.48. The number of halogens is 1. The SMILES string of the molecule is COc1ccccc1C(NC(=O)c1ccc(-c2ccc(F)cc2)o1)c1nccn1C. The number of aromatic nitrogens is 2. The maximum absolute atomic E-state index is 13.2. The highest BCUT2D eigenvalue weighted by Crippen LogP contribution is 2.30. The van der Waals surface area contributed by atoms with E-state index < -0.39 is 11.9 Å². The molecule has 4 rings (SSSR count). The first kappa shape index (κ1) is 19.4. The Kier molecular flexibility index (Phi) is 5.34. The number of carbonyl (C=O) groups excluding carboxylic acids is 1. The topological polar surface area (TPSA) is 69.3 Å². The summed E-state index contributed by atoms with van der Waals surface area (Å²) in [7, 11) is 3.44. The van der Waals surface area contributed by atoms with E-state index in [4.69, 9.17) is 9.15 Å². The van der Waals surface area contributed by atoms with Crippen molar-refractivity contribution in [2.75, 3.05) is 7.11 Å². The molecular formula is C23H20FN3O3. The first-order valence-electron chi connectivity index (χ1n) is 9.33. The van der Waals surface area contributed by atoms with Gasteiger partial charge in [-0.2, -0.15) is 0 Å². The number of amides is 1. The summed E-state index contributed by atoms with van der Waals surface area (Å²) in [5, 5.41) is 2.99. The molecule has 30 heavy (non-hydrogen) atoms. The smallest absolute Gasteiger partial charge is 0.287 e. The van der Waals surface area contributed by atoms with E-state index in [-0.39, 0.29) is 11.6 Å². The lowest BCUT2D eigenvalue weighted by molar-refractivity contribution is 0.0913. The lowest BCUT2D eigenvalue weighted by Gasteiger charge is -2.20. The zero-order valence-corrected chi connectivity index (χ0v) is 16.5. The van der Waals surface area contributed by atoms with Crippen LogP contribution in [0.1, 0.15) is 28.0 Å². The minimum absolute atomic E-state index is 0.142. The third kappa shape index (κ3) is 3.82. The number of ether oxygens (including phenoxy) is 1. The second-order valence-electron chi connectivity index (χ2n) is 6.72. The van der Waals surface area contributed by atoms with Crippen molar-refractivity contribution >= 4 is 5.91 Å². The Labute approximate surface area is 172 Å². The van der Waals surface area contributed by atoms with Gasteiger partial charge in [-0.05, 0) is 42.5 Å². The fourth-order valence-electron chi connectivity index (χ4n) is 3.27. The maximum Gasteiger partial charge on any atom is 0.287 e. The van der Waals surface area contributed by atoms with E-state index >= 15 is 0 Å². The van der Waals surface area contributed by atoms with Gasteiger partial charge in [0.15, 0.2) is 5.76 Å². The fraction of sp³-hybridized carbons (Fsp3) is 0.130. The van der Waals surface area contributed by atoms with Crippen LogP contribution in [0.2, 0.25) is 0 Å². The lowest BCUT2D eigenvalue weighted by Crippen LogP contribution is -2.31. The molecule has 0 radical (unpaired) electrons. The average molecular weight is 405 g/mol. The number of aryl methyl sites for hydroxylation is 1. The first-order valence-corrected chi connectivity index (χ1v) is 9.33. The molecule has 1 atom stereocenters. The van der Waals surface area contributed by atoms with Gasteiger partial charge in [-0.15, -0.1) is 0 Å². The van der Waals surface area contributed by atoms with Crippen LogP contribution in [0.4, 0.5) is 4.39 Å². The van der Waals surface area contributed by atoms with Gasteiger partial charge >= 0.3 is 0 Å². The number of rotatable bonds is 6. The Morgan fingerprint density at radius 2 is 1.90 bits per heavy atom. The van der Waals surface area contributed by atoms with Crippen molar-refractivity contribution in [2.45, 2.75) is 6.04 Å². The van der Waals surface area contributed by atoms with Gasteiger partial charge in [0.1, 0.15) is 29.2 Å². The number of carbonyl (C=O) groups is 1. The van der Waals surface area contributed by atoms with Crippen LogP contribution in [0.3, 0.4) is 0 Å². The molecule has 0 fully saturated rings. The monoisotopic (exact) mass is 405 g/mol. The standard InChI is InChI=1S/C23H20FN3O3/c1-27-14-13-25-22(27)21(17-5-3-4-6-19(17)29-2)26-23(28)20-12-11-18(30-20)15-7-9-16(24)10-8-15/h3-14,21H,1-2H3,(H,26,28). The summed E-state index contributed by atoms with van der Waals surface area (Å²) in [6.45, 7) is 0.